The highest BCUT2D eigenvalue weighted by Crippen LogP contribution is 2.37. The van der Waals surface area contributed by atoms with Crippen molar-refractivity contribution in [2.45, 2.75) is 44.5 Å². The molecule has 2 fully saturated rings. The van der Waals surface area contributed by atoms with Crippen LogP contribution in [0, 0.1) is 6.92 Å². The first-order valence-corrected chi connectivity index (χ1v) is 9.14. The van der Waals surface area contributed by atoms with E-state index < -0.39 is 0 Å². The van der Waals surface area contributed by atoms with E-state index in [0.717, 1.165) is 25.0 Å². The number of amides is 1. The zero-order valence-corrected chi connectivity index (χ0v) is 15.0. The zero-order chi connectivity index (χ0) is 18.0. The first-order chi connectivity index (χ1) is 12.7. The number of pyridine rings is 1. The molecular weight excluding hydrogens is 332 g/mol. The van der Waals surface area contributed by atoms with E-state index in [1.807, 2.05) is 30.0 Å². The molecule has 1 atom stereocenters. The minimum Gasteiger partial charge on any atom is -0.469 e. The second-order valence-corrected chi connectivity index (χ2v) is 7.13. The standard InChI is InChI=1S/C20H24N2O4/c1-15-18(5-11-24-15)19(23)22-9-6-20(7-10-22)12-17(14-26-20)25-13-16-4-2-3-8-21-16/h2-5,8,11,17H,6-7,9-10,12-14H2,1H3/t17-/m0/s1. The number of nitrogens with zero attached hydrogens (tertiary/aromatic N) is 2. The van der Waals surface area contributed by atoms with E-state index in [1.165, 1.54) is 0 Å². The first-order valence-electron chi connectivity index (χ1n) is 9.14. The van der Waals surface area contributed by atoms with Gasteiger partial charge in [0.25, 0.3) is 5.91 Å². The molecule has 6 nitrogen and oxygen atoms in total. The van der Waals surface area contributed by atoms with Gasteiger partial charge in [0.15, 0.2) is 0 Å². The molecule has 1 amide bonds. The van der Waals surface area contributed by atoms with Crippen LogP contribution in [0.15, 0.2) is 41.1 Å². The molecule has 138 valence electrons. The molecule has 0 aliphatic carbocycles. The Morgan fingerprint density at radius 3 is 2.88 bits per heavy atom. The van der Waals surface area contributed by atoms with Crippen molar-refractivity contribution in [3.8, 4) is 0 Å². The third kappa shape index (κ3) is 3.52. The fourth-order valence-corrected chi connectivity index (χ4v) is 3.84. The average Bonchev–Trinajstić information content (AvgIpc) is 3.27. The summed E-state index contributed by atoms with van der Waals surface area (Å²) in [7, 11) is 0. The van der Waals surface area contributed by atoms with Gasteiger partial charge in [-0.2, -0.15) is 0 Å². The SMILES string of the molecule is Cc1occc1C(=O)N1CCC2(CC1)C[C@H](OCc1ccccn1)CO2. The maximum atomic E-state index is 12.6. The lowest BCUT2D eigenvalue weighted by atomic mass is 9.87. The Morgan fingerprint density at radius 2 is 2.19 bits per heavy atom. The maximum absolute atomic E-state index is 12.6. The quantitative estimate of drug-likeness (QED) is 0.843. The zero-order valence-electron chi connectivity index (χ0n) is 15.0. The van der Waals surface area contributed by atoms with Gasteiger partial charge in [0, 0.05) is 25.7 Å². The van der Waals surface area contributed by atoms with Gasteiger partial charge >= 0.3 is 0 Å². The van der Waals surface area contributed by atoms with Gasteiger partial charge in [-0.1, -0.05) is 6.07 Å². The Balaban J connectivity index is 1.29. The van der Waals surface area contributed by atoms with Gasteiger partial charge in [-0.15, -0.1) is 0 Å². The Morgan fingerprint density at radius 1 is 1.35 bits per heavy atom. The van der Waals surface area contributed by atoms with E-state index in [2.05, 4.69) is 4.98 Å². The lowest BCUT2D eigenvalue weighted by Crippen LogP contribution is -2.46. The normalized spacial score (nSPS) is 22.0. The molecule has 0 saturated carbocycles. The summed E-state index contributed by atoms with van der Waals surface area (Å²) in [5, 5.41) is 0. The number of carbonyl (C=O) groups is 1. The van der Waals surface area contributed by atoms with Crippen molar-refractivity contribution in [2.75, 3.05) is 19.7 Å². The van der Waals surface area contributed by atoms with Crippen LogP contribution in [-0.4, -0.2) is 47.2 Å². The summed E-state index contributed by atoms with van der Waals surface area (Å²) in [5.74, 6) is 0.724. The van der Waals surface area contributed by atoms with Crippen LogP contribution in [0.25, 0.3) is 0 Å². The molecule has 0 radical (unpaired) electrons. The molecular formula is C20H24N2O4. The van der Waals surface area contributed by atoms with Gasteiger partial charge < -0.3 is 18.8 Å². The van der Waals surface area contributed by atoms with Crippen LogP contribution in [0.4, 0.5) is 0 Å². The summed E-state index contributed by atoms with van der Waals surface area (Å²) in [4.78, 5) is 18.8. The van der Waals surface area contributed by atoms with Crippen LogP contribution >= 0.6 is 0 Å². The lowest BCUT2D eigenvalue weighted by Gasteiger charge is -2.38. The molecule has 4 rings (SSSR count). The van der Waals surface area contributed by atoms with Crippen LogP contribution in [0.1, 0.15) is 41.1 Å². The van der Waals surface area contributed by atoms with Gasteiger partial charge in [-0.3, -0.25) is 9.78 Å². The molecule has 0 aromatic carbocycles. The van der Waals surface area contributed by atoms with E-state index in [1.54, 1.807) is 18.5 Å². The number of aryl methyl sites for hydroxylation is 1. The van der Waals surface area contributed by atoms with E-state index in [0.29, 0.717) is 37.6 Å². The van der Waals surface area contributed by atoms with Gasteiger partial charge in [0.2, 0.25) is 0 Å². The van der Waals surface area contributed by atoms with E-state index in [-0.39, 0.29) is 17.6 Å². The number of furan rings is 1. The van der Waals surface area contributed by atoms with Crippen LogP contribution < -0.4 is 0 Å². The van der Waals surface area contributed by atoms with Crippen LogP contribution in [0.2, 0.25) is 0 Å². The summed E-state index contributed by atoms with van der Waals surface area (Å²) in [6, 6.07) is 7.58. The minimum atomic E-state index is -0.156. The van der Waals surface area contributed by atoms with Crippen molar-refractivity contribution in [3.05, 3.63) is 53.7 Å². The van der Waals surface area contributed by atoms with Crippen molar-refractivity contribution in [1.29, 1.82) is 0 Å². The molecule has 0 N–H and O–H groups in total. The molecule has 2 saturated heterocycles. The first kappa shape index (κ1) is 17.2. The van der Waals surface area contributed by atoms with Gasteiger partial charge in [-0.05, 0) is 38.0 Å². The second-order valence-electron chi connectivity index (χ2n) is 7.13. The highest BCUT2D eigenvalue weighted by molar-refractivity contribution is 5.95. The molecule has 26 heavy (non-hydrogen) atoms. The third-order valence-corrected chi connectivity index (χ3v) is 5.42. The predicted molar refractivity (Wildman–Crippen MR) is 94.7 cm³/mol. The molecule has 2 aliphatic rings. The van der Waals surface area contributed by atoms with Crippen molar-refractivity contribution in [3.63, 3.8) is 0 Å². The summed E-state index contributed by atoms with van der Waals surface area (Å²) < 4.78 is 17.4. The minimum absolute atomic E-state index is 0.0482. The van der Waals surface area contributed by atoms with Gasteiger partial charge in [-0.25, -0.2) is 0 Å². The Kier molecular flexibility index (Phi) is 4.78. The van der Waals surface area contributed by atoms with Crippen molar-refractivity contribution in [2.24, 2.45) is 0 Å². The number of piperidine rings is 1. The van der Waals surface area contributed by atoms with Crippen molar-refractivity contribution >= 4 is 5.91 Å². The molecule has 2 aliphatic heterocycles. The fraction of sp³-hybridized carbons (Fsp3) is 0.500. The number of ether oxygens (including phenoxy) is 2. The number of aromatic nitrogens is 1. The Labute approximate surface area is 153 Å². The number of hydrogen-bond donors (Lipinski definition) is 0. The van der Waals surface area contributed by atoms with Gasteiger partial charge in [0.05, 0.1) is 42.4 Å². The topological polar surface area (TPSA) is 64.8 Å². The molecule has 1 spiro atoms. The second kappa shape index (κ2) is 7.21. The molecule has 0 bridgehead atoms. The molecule has 2 aromatic rings. The molecule has 2 aromatic heterocycles. The Hall–Kier alpha value is -2.18. The molecule has 0 unspecified atom stereocenters. The van der Waals surface area contributed by atoms with Crippen LogP contribution in [0.3, 0.4) is 0 Å². The number of likely N-dealkylation sites (tertiary alicyclic amines) is 1. The van der Waals surface area contributed by atoms with E-state index in [9.17, 15) is 4.79 Å². The summed E-state index contributed by atoms with van der Waals surface area (Å²) in [5.41, 5.74) is 1.44. The van der Waals surface area contributed by atoms with E-state index >= 15 is 0 Å². The summed E-state index contributed by atoms with van der Waals surface area (Å²) in [6.45, 7) is 4.35. The smallest absolute Gasteiger partial charge is 0.257 e. The monoisotopic (exact) mass is 356 g/mol. The number of rotatable bonds is 4. The fourth-order valence-electron chi connectivity index (χ4n) is 3.84. The van der Waals surface area contributed by atoms with Crippen molar-refractivity contribution < 1.29 is 18.7 Å². The third-order valence-electron chi connectivity index (χ3n) is 5.42. The van der Waals surface area contributed by atoms with Gasteiger partial charge in [0.1, 0.15) is 5.76 Å². The lowest BCUT2D eigenvalue weighted by molar-refractivity contribution is -0.0413. The largest absolute Gasteiger partial charge is 0.469 e. The maximum Gasteiger partial charge on any atom is 0.257 e. The van der Waals surface area contributed by atoms with Crippen LogP contribution in [0.5, 0.6) is 0 Å². The number of carbonyl (C=O) groups excluding carboxylic acids is 1. The average molecular weight is 356 g/mol. The van der Waals surface area contributed by atoms with E-state index in [4.69, 9.17) is 13.9 Å². The molecule has 4 heterocycles. The number of hydrogen-bond acceptors (Lipinski definition) is 5. The summed E-state index contributed by atoms with van der Waals surface area (Å²) in [6.07, 6.45) is 6.01. The van der Waals surface area contributed by atoms with Crippen molar-refractivity contribution in [1.82, 2.24) is 9.88 Å². The van der Waals surface area contributed by atoms with Crippen LogP contribution in [-0.2, 0) is 16.1 Å². The highest BCUT2D eigenvalue weighted by Gasteiger charge is 2.44. The summed E-state index contributed by atoms with van der Waals surface area (Å²) >= 11 is 0. The highest BCUT2D eigenvalue weighted by atomic mass is 16.6. The molecule has 6 heteroatoms. The Bertz CT molecular complexity index is 750. The predicted octanol–water partition coefficient (Wildman–Crippen LogP) is 2.96.